The number of aromatic nitrogens is 3. The number of pyridine rings is 1. The number of nitrogens with zero attached hydrogens (tertiary/aromatic N) is 4. The Morgan fingerprint density at radius 2 is 1.96 bits per heavy atom. The summed E-state index contributed by atoms with van der Waals surface area (Å²) >= 11 is 0. The van der Waals surface area contributed by atoms with Gasteiger partial charge in [-0.1, -0.05) is 18.2 Å². The zero-order chi connectivity index (χ0) is 19.4. The van der Waals surface area contributed by atoms with Crippen LogP contribution in [-0.4, -0.2) is 33.8 Å². The average molecular weight is 492 g/mol. The van der Waals surface area contributed by atoms with Crippen molar-refractivity contribution in [3.63, 3.8) is 0 Å². The highest BCUT2D eigenvalue weighted by Gasteiger charge is 2.14. The predicted molar refractivity (Wildman–Crippen MR) is 126 cm³/mol. The average Bonchev–Trinajstić information content (AvgIpc) is 2.91. The van der Waals surface area contributed by atoms with E-state index < -0.39 is 0 Å². The number of fused-ring (bicyclic) bond motifs is 1. The van der Waals surface area contributed by atoms with Gasteiger partial charge in [-0.25, -0.2) is 0 Å². The first-order valence-corrected chi connectivity index (χ1v) is 9.28. The summed E-state index contributed by atoms with van der Waals surface area (Å²) in [6.45, 7) is 7.04. The molecule has 1 atom stereocenters. The number of aryl methyl sites for hydroxylation is 2. The van der Waals surface area contributed by atoms with Crippen molar-refractivity contribution in [2.75, 3.05) is 7.05 Å². The van der Waals surface area contributed by atoms with E-state index in [1.165, 1.54) is 16.8 Å². The number of guanidine groups is 1. The van der Waals surface area contributed by atoms with Gasteiger partial charge in [0.2, 0.25) is 0 Å². The number of halogens is 1. The maximum atomic E-state index is 4.51. The molecule has 2 heterocycles. The molecule has 0 aliphatic rings. The molecular formula is C21H29IN6. The summed E-state index contributed by atoms with van der Waals surface area (Å²) in [5.41, 5.74) is 5.82. The second kappa shape index (κ2) is 9.86. The molecule has 3 rings (SSSR count). The SMILES string of the molecule is CN=C(NCc1ccnc2ccccc12)NC(C)Cc1c(C)nn(C)c1C.I. The van der Waals surface area contributed by atoms with E-state index in [2.05, 4.69) is 58.6 Å². The Hall–Kier alpha value is -2.16. The van der Waals surface area contributed by atoms with E-state index in [-0.39, 0.29) is 30.0 Å². The molecule has 1 unspecified atom stereocenters. The normalized spacial score (nSPS) is 12.5. The van der Waals surface area contributed by atoms with Crippen LogP contribution in [0.2, 0.25) is 0 Å². The van der Waals surface area contributed by atoms with Crippen LogP contribution in [0.3, 0.4) is 0 Å². The van der Waals surface area contributed by atoms with E-state index in [4.69, 9.17) is 0 Å². The van der Waals surface area contributed by atoms with Gasteiger partial charge in [0.1, 0.15) is 0 Å². The van der Waals surface area contributed by atoms with E-state index in [1.807, 2.05) is 36.1 Å². The molecule has 2 N–H and O–H groups in total. The van der Waals surface area contributed by atoms with Crippen molar-refractivity contribution in [3.8, 4) is 0 Å². The second-order valence-electron chi connectivity index (χ2n) is 6.94. The Morgan fingerprint density at radius 3 is 2.64 bits per heavy atom. The van der Waals surface area contributed by atoms with Gasteiger partial charge in [-0.05, 0) is 50.5 Å². The van der Waals surface area contributed by atoms with Crippen LogP contribution in [-0.2, 0) is 20.0 Å². The summed E-state index contributed by atoms with van der Waals surface area (Å²) in [5, 5.41) is 12.6. The number of hydrogen-bond acceptors (Lipinski definition) is 3. The summed E-state index contributed by atoms with van der Waals surface area (Å²) < 4.78 is 1.94. The van der Waals surface area contributed by atoms with Crippen molar-refractivity contribution >= 4 is 40.8 Å². The number of para-hydroxylation sites is 1. The van der Waals surface area contributed by atoms with Gasteiger partial charge in [0.05, 0.1) is 11.2 Å². The van der Waals surface area contributed by atoms with Crippen LogP contribution in [0.5, 0.6) is 0 Å². The smallest absolute Gasteiger partial charge is 0.191 e. The van der Waals surface area contributed by atoms with Crippen LogP contribution in [0.1, 0.15) is 29.4 Å². The van der Waals surface area contributed by atoms with E-state index in [1.54, 1.807) is 7.05 Å². The first-order chi connectivity index (χ1) is 13.0. The van der Waals surface area contributed by atoms with Crippen molar-refractivity contribution < 1.29 is 0 Å². The largest absolute Gasteiger partial charge is 0.354 e. The lowest BCUT2D eigenvalue weighted by molar-refractivity contribution is 0.635. The van der Waals surface area contributed by atoms with E-state index >= 15 is 0 Å². The molecule has 0 saturated heterocycles. The highest BCUT2D eigenvalue weighted by Crippen LogP contribution is 2.16. The highest BCUT2D eigenvalue weighted by atomic mass is 127. The molecule has 0 spiro atoms. The van der Waals surface area contributed by atoms with Crippen LogP contribution in [0.15, 0.2) is 41.5 Å². The van der Waals surface area contributed by atoms with Crippen LogP contribution >= 0.6 is 24.0 Å². The molecule has 0 aliphatic carbocycles. The van der Waals surface area contributed by atoms with E-state index in [0.29, 0.717) is 6.54 Å². The molecule has 0 bridgehead atoms. The molecule has 0 radical (unpaired) electrons. The molecule has 6 nitrogen and oxygen atoms in total. The molecule has 3 aromatic rings. The number of hydrogen-bond donors (Lipinski definition) is 2. The summed E-state index contributed by atoms with van der Waals surface area (Å²) in [6, 6.07) is 10.5. The van der Waals surface area contributed by atoms with Gasteiger partial charge in [0.25, 0.3) is 0 Å². The lowest BCUT2D eigenvalue weighted by Gasteiger charge is -2.18. The van der Waals surface area contributed by atoms with Crippen molar-refractivity contribution in [1.82, 2.24) is 25.4 Å². The van der Waals surface area contributed by atoms with E-state index in [0.717, 1.165) is 29.0 Å². The minimum Gasteiger partial charge on any atom is -0.354 e. The predicted octanol–water partition coefficient (Wildman–Crippen LogP) is 3.50. The highest BCUT2D eigenvalue weighted by molar-refractivity contribution is 14.0. The van der Waals surface area contributed by atoms with Crippen molar-refractivity contribution in [2.24, 2.45) is 12.0 Å². The maximum absolute atomic E-state index is 4.51. The Balaban J connectivity index is 0.00000280. The third-order valence-electron chi connectivity index (χ3n) is 4.96. The van der Waals surface area contributed by atoms with Gasteiger partial charge in [0, 0.05) is 44.0 Å². The Bertz CT molecular complexity index is 957. The minimum atomic E-state index is 0. The van der Waals surface area contributed by atoms with Gasteiger partial charge < -0.3 is 10.6 Å². The zero-order valence-electron chi connectivity index (χ0n) is 17.2. The summed E-state index contributed by atoms with van der Waals surface area (Å²) in [4.78, 5) is 8.79. The Morgan fingerprint density at radius 1 is 1.21 bits per heavy atom. The van der Waals surface area contributed by atoms with E-state index in [9.17, 15) is 0 Å². The number of nitrogens with one attached hydrogen (secondary N) is 2. The molecule has 1 aromatic carbocycles. The Labute approximate surface area is 183 Å². The fraction of sp³-hybridized carbons (Fsp3) is 0.381. The number of rotatable bonds is 5. The molecule has 150 valence electrons. The minimum absolute atomic E-state index is 0. The van der Waals surface area contributed by atoms with Gasteiger partial charge in [-0.15, -0.1) is 24.0 Å². The van der Waals surface area contributed by atoms with Crippen molar-refractivity contribution in [2.45, 2.75) is 39.8 Å². The summed E-state index contributed by atoms with van der Waals surface area (Å²) in [5.74, 6) is 0.794. The van der Waals surface area contributed by atoms with Crippen LogP contribution in [0.25, 0.3) is 10.9 Å². The molecule has 0 saturated carbocycles. The molecule has 0 fully saturated rings. The van der Waals surface area contributed by atoms with Gasteiger partial charge in [-0.2, -0.15) is 5.10 Å². The first-order valence-electron chi connectivity index (χ1n) is 9.28. The topological polar surface area (TPSA) is 67.1 Å². The fourth-order valence-corrected chi connectivity index (χ4v) is 3.39. The standard InChI is InChI=1S/C21H28N6.HI/c1-14(12-19-15(2)26-27(5)16(19)3)25-21(22-4)24-13-17-10-11-23-20-9-7-6-8-18(17)20;/h6-11,14H,12-13H2,1-5H3,(H2,22,24,25);1H. The van der Waals surface area contributed by atoms with Crippen LogP contribution < -0.4 is 10.6 Å². The van der Waals surface area contributed by atoms with Gasteiger partial charge >= 0.3 is 0 Å². The first kappa shape index (κ1) is 22.1. The molecule has 7 heteroatoms. The third-order valence-corrected chi connectivity index (χ3v) is 4.96. The number of aliphatic imine (C=N–C) groups is 1. The molecule has 0 aliphatic heterocycles. The summed E-state index contributed by atoms with van der Waals surface area (Å²) in [7, 11) is 3.79. The van der Waals surface area contributed by atoms with Gasteiger partial charge in [0.15, 0.2) is 5.96 Å². The fourth-order valence-electron chi connectivity index (χ4n) is 3.39. The monoisotopic (exact) mass is 492 g/mol. The Kier molecular flexibility index (Phi) is 7.79. The van der Waals surface area contributed by atoms with Crippen LogP contribution in [0.4, 0.5) is 0 Å². The van der Waals surface area contributed by atoms with Crippen LogP contribution in [0, 0.1) is 13.8 Å². The number of benzene rings is 1. The quantitative estimate of drug-likeness (QED) is 0.325. The maximum Gasteiger partial charge on any atom is 0.191 e. The lowest BCUT2D eigenvalue weighted by Crippen LogP contribution is -2.42. The van der Waals surface area contributed by atoms with Gasteiger partial charge in [-0.3, -0.25) is 14.7 Å². The molecule has 2 aromatic heterocycles. The second-order valence-corrected chi connectivity index (χ2v) is 6.94. The zero-order valence-corrected chi connectivity index (χ0v) is 19.5. The van der Waals surface area contributed by atoms with Crippen molar-refractivity contribution in [3.05, 3.63) is 59.0 Å². The van der Waals surface area contributed by atoms with Crippen molar-refractivity contribution in [1.29, 1.82) is 0 Å². The third kappa shape index (κ3) is 5.01. The lowest BCUT2D eigenvalue weighted by atomic mass is 10.1. The molecular weight excluding hydrogens is 463 g/mol. The molecule has 28 heavy (non-hydrogen) atoms. The molecule has 0 amide bonds. The summed E-state index contributed by atoms with van der Waals surface area (Å²) in [6.07, 6.45) is 2.76.